The van der Waals surface area contributed by atoms with E-state index < -0.39 is 0 Å². The third-order valence-corrected chi connectivity index (χ3v) is 5.72. The van der Waals surface area contributed by atoms with Crippen LogP contribution < -0.4 is 20.3 Å². The average molecular weight is 421 g/mol. The van der Waals surface area contributed by atoms with Crippen molar-refractivity contribution < 1.29 is 4.74 Å². The van der Waals surface area contributed by atoms with Gasteiger partial charge in [-0.3, -0.25) is 0 Å². The number of hydrogen-bond acceptors (Lipinski definition) is 7. The Morgan fingerprint density at radius 2 is 1.97 bits per heavy atom. The molecule has 3 heterocycles. The molecule has 0 aliphatic carbocycles. The quantitative estimate of drug-likeness (QED) is 0.509. The highest BCUT2D eigenvalue weighted by Crippen LogP contribution is 2.35. The smallest absolute Gasteiger partial charge is 0.142 e. The Bertz CT molecular complexity index is 1030. The van der Waals surface area contributed by atoms with Gasteiger partial charge in [0.15, 0.2) is 0 Å². The minimum atomic E-state index is 0.807. The van der Waals surface area contributed by atoms with E-state index in [0.717, 1.165) is 77.7 Å². The van der Waals surface area contributed by atoms with E-state index in [2.05, 4.69) is 63.8 Å². The number of benzene rings is 1. The third-order valence-electron chi connectivity index (χ3n) is 5.72. The molecule has 0 bridgehead atoms. The molecule has 7 heteroatoms. The van der Waals surface area contributed by atoms with Crippen molar-refractivity contribution in [3.8, 4) is 17.0 Å². The first-order valence-corrected chi connectivity index (χ1v) is 10.9. The van der Waals surface area contributed by atoms with Gasteiger partial charge in [-0.25, -0.2) is 9.97 Å². The van der Waals surface area contributed by atoms with Crippen LogP contribution in [0.4, 0.5) is 17.2 Å². The summed E-state index contributed by atoms with van der Waals surface area (Å²) >= 11 is 0. The van der Waals surface area contributed by atoms with E-state index in [0.29, 0.717) is 0 Å². The molecule has 0 spiro atoms. The SMILES string of the molecule is CNc1cc2nc(-c3ccc(N4CCC4)nc3)cc(NCCCN(C)C)c2cc1OC. The monoisotopic (exact) mass is 420 g/mol. The van der Waals surface area contributed by atoms with Gasteiger partial charge < -0.3 is 25.2 Å². The molecular formula is C24H32N6O. The van der Waals surface area contributed by atoms with Gasteiger partial charge in [-0.15, -0.1) is 0 Å². The van der Waals surface area contributed by atoms with E-state index in [1.54, 1.807) is 7.11 Å². The molecule has 1 saturated heterocycles. The van der Waals surface area contributed by atoms with Crippen LogP contribution >= 0.6 is 0 Å². The number of anilines is 3. The van der Waals surface area contributed by atoms with Crippen LogP contribution in [-0.2, 0) is 0 Å². The molecule has 0 radical (unpaired) electrons. The van der Waals surface area contributed by atoms with Crippen molar-refractivity contribution in [2.75, 3.05) is 70.0 Å². The fraction of sp³-hybridized carbons (Fsp3) is 0.417. The standard InChI is InChI=1S/C24H32N6O/c1-25-22-15-21-18(13-23(22)31-4)20(26-9-5-10-29(2)3)14-19(28-21)17-7-8-24(27-16-17)30-11-6-12-30/h7-8,13-16,25H,5-6,9-12H2,1-4H3,(H,26,28). The number of hydrogen-bond donors (Lipinski definition) is 2. The van der Waals surface area contributed by atoms with Crippen LogP contribution in [0.25, 0.3) is 22.2 Å². The summed E-state index contributed by atoms with van der Waals surface area (Å²) in [7, 11) is 7.79. The van der Waals surface area contributed by atoms with Gasteiger partial charge >= 0.3 is 0 Å². The predicted octanol–water partition coefficient (Wildman–Crippen LogP) is 3.92. The zero-order valence-corrected chi connectivity index (χ0v) is 18.9. The molecule has 3 aromatic rings. The first-order chi connectivity index (χ1) is 15.1. The Balaban J connectivity index is 1.70. The van der Waals surface area contributed by atoms with E-state index in [-0.39, 0.29) is 0 Å². The van der Waals surface area contributed by atoms with Crippen LogP contribution in [0, 0.1) is 0 Å². The van der Waals surface area contributed by atoms with E-state index in [4.69, 9.17) is 9.72 Å². The van der Waals surface area contributed by atoms with Crippen molar-refractivity contribution >= 4 is 28.1 Å². The third kappa shape index (κ3) is 4.66. The molecule has 0 atom stereocenters. The maximum absolute atomic E-state index is 5.58. The Hall–Kier alpha value is -3.06. The minimum Gasteiger partial charge on any atom is -0.495 e. The second-order valence-electron chi connectivity index (χ2n) is 8.20. The van der Waals surface area contributed by atoms with Crippen LogP contribution in [0.5, 0.6) is 5.75 Å². The highest BCUT2D eigenvalue weighted by Gasteiger charge is 2.16. The number of pyridine rings is 2. The van der Waals surface area contributed by atoms with Crippen molar-refractivity contribution in [1.29, 1.82) is 0 Å². The fourth-order valence-corrected chi connectivity index (χ4v) is 3.80. The topological polar surface area (TPSA) is 65.6 Å². The van der Waals surface area contributed by atoms with Gasteiger partial charge in [-0.2, -0.15) is 0 Å². The van der Waals surface area contributed by atoms with Gasteiger partial charge in [0.05, 0.1) is 24.0 Å². The molecule has 31 heavy (non-hydrogen) atoms. The zero-order valence-electron chi connectivity index (χ0n) is 18.9. The zero-order chi connectivity index (χ0) is 21.8. The van der Waals surface area contributed by atoms with Crippen LogP contribution in [-0.4, -0.2) is 69.3 Å². The highest BCUT2D eigenvalue weighted by atomic mass is 16.5. The van der Waals surface area contributed by atoms with Crippen LogP contribution in [0.3, 0.4) is 0 Å². The maximum Gasteiger partial charge on any atom is 0.142 e. The summed E-state index contributed by atoms with van der Waals surface area (Å²) < 4.78 is 5.58. The molecule has 4 rings (SSSR count). The number of methoxy groups -OCH3 is 1. The molecule has 2 aromatic heterocycles. The summed E-state index contributed by atoms with van der Waals surface area (Å²) in [5, 5.41) is 7.88. The van der Waals surface area contributed by atoms with Gasteiger partial charge in [-0.05, 0) is 63.8 Å². The molecule has 1 aliphatic heterocycles. The lowest BCUT2D eigenvalue weighted by molar-refractivity contribution is 0.405. The Kier molecular flexibility index (Phi) is 6.42. The summed E-state index contributed by atoms with van der Waals surface area (Å²) in [4.78, 5) is 14.1. The van der Waals surface area contributed by atoms with Crippen molar-refractivity contribution in [3.63, 3.8) is 0 Å². The number of aromatic nitrogens is 2. The van der Waals surface area contributed by atoms with Gasteiger partial charge in [0.2, 0.25) is 0 Å². The number of rotatable bonds is 9. The van der Waals surface area contributed by atoms with Crippen molar-refractivity contribution in [3.05, 3.63) is 36.5 Å². The number of nitrogens with zero attached hydrogens (tertiary/aromatic N) is 4. The summed E-state index contributed by atoms with van der Waals surface area (Å²) in [6.45, 7) is 4.11. The number of ether oxygens (including phenoxy) is 1. The molecule has 7 nitrogen and oxygen atoms in total. The molecule has 164 valence electrons. The van der Waals surface area contributed by atoms with Crippen molar-refractivity contribution in [2.24, 2.45) is 0 Å². The first kappa shape index (κ1) is 21.2. The van der Waals surface area contributed by atoms with E-state index in [1.165, 1.54) is 6.42 Å². The lowest BCUT2D eigenvalue weighted by atomic mass is 10.1. The fourth-order valence-electron chi connectivity index (χ4n) is 3.80. The molecule has 0 saturated carbocycles. The van der Waals surface area contributed by atoms with Crippen molar-refractivity contribution in [1.82, 2.24) is 14.9 Å². The van der Waals surface area contributed by atoms with Crippen LogP contribution in [0.15, 0.2) is 36.5 Å². The van der Waals surface area contributed by atoms with Gasteiger partial charge in [0.1, 0.15) is 11.6 Å². The molecule has 1 aliphatic rings. The molecule has 1 aromatic carbocycles. The van der Waals surface area contributed by atoms with Crippen molar-refractivity contribution in [2.45, 2.75) is 12.8 Å². The lowest BCUT2D eigenvalue weighted by Crippen LogP contribution is -2.37. The molecular weight excluding hydrogens is 388 g/mol. The average Bonchev–Trinajstić information content (AvgIpc) is 2.74. The van der Waals surface area contributed by atoms with Crippen LogP contribution in [0.1, 0.15) is 12.8 Å². The predicted molar refractivity (Wildman–Crippen MR) is 130 cm³/mol. The highest BCUT2D eigenvalue weighted by molar-refractivity contribution is 5.97. The number of fused-ring (bicyclic) bond motifs is 1. The molecule has 0 unspecified atom stereocenters. The van der Waals surface area contributed by atoms with Gasteiger partial charge in [0, 0.05) is 49.5 Å². The van der Waals surface area contributed by atoms with Crippen LogP contribution in [0.2, 0.25) is 0 Å². The maximum atomic E-state index is 5.58. The second kappa shape index (κ2) is 9.39. The van der Waals surface area contributed by atoms with Gasteiger partial charge in [0.25, 0.3) is 0 Å². The Labute approximate surface area is 184 Å². The number of nitrogens with one attached hydrogen (secondary N) is 2. The molecule has 2 N–H and O–H groups in total. The minimum absolute atomic E-state index is 0.807. The normalized spacial score (nSPS) is 13.4. The summed E-state index contributed by atoms with van der Waals surface area (Å²) in [6.07, 6.45) is 4.24. The Morgan fingerprint density at radius 3 is 2.58 bits per heavy atom. The summed E-state index contributed by atoms with van der Waals surface area (Å²) in [5.74, 6) is 1.85. The van der Waals surface area contributed by atoms with E-state index in [1.807, 2.05) is 19.3 Å². The molecule has 1 fully saturated rings. The van der Waals surface area contributed by atoms with E-state index >= 15 is 0 Å². The second-order valence-corrected chi connectivity index (χ2v) is 8.20. The largest absolute Gasteiger partial charge is 0.495 e. The molecule has 0 amide bonds. The first-order valence-electron chi connectivity index (χ1n) is 10.9. The van der Waals surface area contributed by atoms with E-state index in [9.17, 15) is 0 Å². The van der Waals surface area contributed by atoms with Gasteiger partial charge in [-0.1, -0.05) is 0 Å². The Morgan fingerprint density at radius 1 is 1.13 bits per heavy atom. The summed E-state index contributed by atoms with van der Waals surface area (Å²) in [6, 6.07) is 10.4. The summed E-state index contributed by atoms with van der Waals surface area (Å²) in [5.41, 5.74) is 4.84. The lowest BCUT2D eigenvalue weighted by Gasteiger charge is -2.31.